The topological polar surface area (TPSA) is 54.0 Å². The van der Waals surface area contributed by atoms with Crippen LogP contribution < -0.4 is 0 Å². The molecule has 0 aliphatic heterocycles. The van der Waals surface area contributed by atoms with Crippen LogP contribution in [0.2, 0.25) is 0 Å². The van der Waals surface area contributed by atoms with Crippen molar-refractivity contribution >= 4 is 5.78 Å². The Kier molecular flexibility index (Phi) is 15.5. The number of ether oxygens (including phenoxy) is 4. The van der Waals surface area contributed by atoms with E-state index in [0.717, 1.165) is 18.9 Å². The molecule has 126 valence electrons. The Morgan fingerprint density at radius 1 is 0.810 bits per heavy atom. The first-order chi connectivity index (χ1) is 10.2. The van der Waals surface area contributed by atoms with Gasteiger partial charge in [-0.2, -0.15) is 0 Å². The molecule has 0 aromatic carbocycles. The third-order valence-corrected chi connectivity index (χ3v) is 3.17. The van der Waals surface area contributed by atoms with Crippen LogP contribution >= 0.6 is 0 Å². The number of carbonyl (C=O) groups is 1. The number of rotatable bonds is 16. The Morgan fingerprint density at radius 2 is 1.24 bits per heavy atom. The van der Waals surface area contributed by atoms with E-state index in [1.807, 2.05) is 0 Å². The molecule has 0 aliphatic carbocycles. The van der Waals surface area contributed by atoms with Gasteiger partial charge in [0, 0.05) is 13.0 Å². The van der Waals surface area contributed by atoms with Crippen molar-refractivity contribution in [1.82, 2.24) is 0 Å². The number of ketones is 1. The standard InChI is InChI=1S/C16H32O5/c1-4-15(2)5-7-18-9-11-20-13-14-21-12-10-19-8-6-16(3)17/h15H,4-14H2,1-3H3. The van der Waals surface area contributed by atoms with Crippen molar-refractivity contribution in [3.63, 3.8) is 0 Å². The van der Waals surface area contributed by atoms with Gasteiger partial charge >= 0.3 is 0 Å². The third-order valence-electron chi connectivity index (χ3n) is 3.17. The molecule has 0 aliphatic rings. The van der Waals surface area contributed by atoms with Gasteiger partial charge in [0.15, 0.2) is 0 Å². The average Bonchev–Trinajstić information content (AvgIpc) is 2.46. The maximum absolute atomic E-state index is 10.7. The van der Waals surface area contributed by atoms with Crippen LogP contribution in [0.25, 0.3) is 0 Å². The summed E-state index contributed by atoms with van der Waals surface area (Å²) >= 11 is 0. The fourth-order valence-corrected chi connectivity index (χ4v) is 1.47. The minimum atomic E-state index is 0.149. The molecule has 0 N–H and O–H groups in total. The molecule has 1 atom stereocenters. The Bertz CT molecular complexity index is 233. The van der Waals surface area contributed by atoms with Crippen LogP contribution in [0.5, 0.6) is 0 Å². The number of Topliss-reactive ketones (excluding diaryl/α,β-unsaturated/α-hetero) is 1. The highest BCUT2D eigenvalue weighted by Crippen LogP contribution is 2.05. The van der Waals surface area contributed by atoms with Crippen LogP contribution in [0, 0.1) is 5.92 Å². The van der Waals surface area contributed by atoms with Crippen molar-refractivity contribution in [1.29, 1.82) is 0 Å². The molecule has 5 nitrogen and oxygen atoms in total. The minimum absolute atomic E-state index is 0.149. The van der Waals surface area contributed by atoms with Crippen LogP contribution in [-0.2, 0) is 23.7 Å². The summed E-state index contributed by atoms with van der Waals surface area (Å²) in [5.41, 5.74) is 0. The molecule has 5 heteroatoms. The van der Waals surface area contributed by atoms with Crippen molar-refractivity contribution < 1.29 is 23.7 Å². The second kappa shape index (κ2) is 15.9. The van der Waals surface area contributed by atoms with Crippen LogP contribution in [0.15, 0.2) is 0 Å². The van der Waals surface area contributed by atoms with E-state index in [1.54, 1.807) is 6.92 Å². The van der Waals surface area contributed by atoms with Crippen molar-refractivity contribution in [3.05, 3.63) is 0 Å². The summed E-state index contributed by atoms with van der Waals surface area (Å²) in [5.74, 6) is 0.882. The van der Waals surface area contributed by atoms with E-state index in [-0.39, 0.29) is 5.78 Å². The number of carbonyl (C=O) groups excluding carboxylic acids is 1. The quantitative estimate of drug-likeness (QED) is 0.410. The summed E-state index contributed by atoms with van der Waals surface area (Å²) in [6.07, 6.45) is 2.79. The molecule has 1 unspecified atom stereocenters. The van der Waals surface area contributed by atoms with Crippen LogP contribution in [0.4, 0.5) is 0 Å². The van der Waals surface area contributed by atoms with Crippen molar-refractivity contribution in [2.45, 2.75) is 40.0 Å². The molecule has 0 bridgehead atoms. The van der Waals surface area contributed by atoms with E-state index in [1.165, 1.54) is 6.42 Å². The summed E-state index contributed by atoms with van der Waals surface area (Å²) in [4.78, 5) is 10.7. The predicted molar refractivity (Wildman–Crippen MR) is 82.6 cm³/mol. The lowest BCUT2D eigenvalue weighted by Crippen LogP contribution is -2.13. The van der Waals surface area contributed by atoms with Crippen LogP contribution in [0.3, 0.4) is 0 Å². The van der Waals surface area contributed by atoms with Gasteiger partial charge in [-0.1, -0.05) is 20.3 Å². The minimum Gasteiger partial charge on any atom is -0.379 e. The molecule has 0 rings (SSSR count). The van der Waals surface area contributed by atoms with Gasteiger partial charge in [0.2, 0.25) is 0 Å². The van der Waals surface area contributed by atoms with E-state index in [4.69, 9.17) is 18.9 Å². The van der Waals surface area contributed by atoms with E-state index < -0.39 is 0 Å². The van der Waals surface area contributed by atoms with Gasteiger partial charge in [0.1, 0.15) is 5.78 Å². The van der Waals surface area contributed by atoms with Crippen molar-refractivity contribution in [2.75, 3.05) is 52.9 Å². The predicted octanol–water partition coefficient (Wildman–Crippen LogP) is 2.47. The zero-order valence-electron chi connectivity index (χ0n) is 13.9. The summed E-state index contributed by atoms with van der Waals surface area (Å²) in [7, 11) is 0. The number of hydrogen-bond acceptors (Lipinski definition) is 5. The van der Waals surface area contributed by atoms with Gasteiger partial charge in [-0.05, 0) is 19.3 Å². The maximum Gasteiger partial charge on any atom is 0.132 e. The monoisotopic (exact) mass is 304 g/mol. The van der Waals surface area contributed by atoms with E-state index in [0.29, 0.717) is 52.7 Å². The van der Waals surface area contributed by atoms with E-state index in [2.05, 4.69) is 13.8 Å². The van der Waals surface area contributed by atoms with Gasteiger partial charge in [0.25, 0.3) is 0 Å². The smallest absolute Gasteiger partial charge is 0.132 e. The largest absolute Gasteiger partial charge is 0.379 e. The summed E-state index contributed by atoms with van der Waals surface area (Å²) < 4.78 is 21.5. The van der Waals surface area contributed by atoms with Gasteiger partial charge < -0.3 is 18.9 Å². The van der Waals surface area contributed by atoms with Gasteiger partial charge in [-0.25, -0.2) is 0 Å². The maximum atomic E-state index is 10.7. The fourth-order valence-electron chi connectivity index (χ4n) is 1.47. The molecule has 0 spiro atoms. The molecule has 0 radical (unpaired) electrons. The lowest BCUT2D eigenvalue weighted by atomic mass is 10.1. The first-order valence-corrected chi connectivity index (χ1v) is 7.97. The van der Waals surface area contributed by atoms with Gasteiger partial charge in [-0.15, -0.1) is 0 Å². The van der Waals surface area contributed by atoms with Crippen LogP contribution in [0.1, 0.15) is 40.0 Å². The molecule has 0 amide bonds. The second-order valence-corrected chi connectivity index (χ2v) is 5.20. The van der Waals surface area contributed by atoms with E-state index >= 15 is 0 Å². The lowest BCUT2D eigenvalue weighted by molar-refractivity contribution is -0.118. The Hall–Kier alpha value is -0.490. The first-order valence-electron chi connectivity index (χ1n) is 7.97. The molecule has 0 fully saturated rings. The molecule has 0 aromatic rings. The fraction of sp³-hybridized carbons (Fsp3) is 0.938. The van der Waals surface area contributed by atoms with Gasteiger partial charge in [-0.3, -0.25) is 4.79 Å². The third kappa shape index (κ3) is 17.5. The van der Waals surface area contributed by atoms with Gasteiger partial charge in [0.05, 0.1) is 46.2 Å². The molecule has 0 saturated heterocycles. The Labute approximate surface area is 129 Å². The molecule has 0 aromatic heterocycles. The van der Waals surface area contributed by atoms with Crippen LogP contribution in [-0.4, -0.2) is 58.6 Å². The summed E-state index contributed by atoms with van der Waals surface area (Å²) in [5, 5.41) is 0. The summed E-state index contributed by atoms with van der Waals surface area (Å²) in [6, 6.07) is 0. The van der Waals surface area contributed by atoms with E-state index in [9.17, 15) is 4.79 Å². The Morgan fingerprint density at radius 3 is 1.67 bits per heavy atom. The number of hydrogen-bond donors (Lipinski definition) is 0. The Balaban J connectivity index is 3.01. The molecule has 0 saturated carbocycles. The summed E-state index contributed by atoms with van der Waals surface area (Å²) in [6.45, 7) is 10.7. The first kappa shape index (κ1) is 20.5. The molecular formula is C16H32O5. The molecule has 21 heavy (non-hydrogen) atoms. The zero-order chi connectivity index (χ0) is 15.8. The normalized spacial score (nSPS) is 12.5. The lowest BCUT2D eigenvalue weighted by Gasteiger charge is -2.09. The molecular weight excluding hydrogens is 272 g/mol. The highest BCUT2D eigenvalue weighted by molar-refractivity contribution is 5.75. The SMILES string of the molecule is CCC(C)CCOCCOCCOCCOCCC(C)=O. The second-order valence-electron chi connectivity index (χ2n) is 5.20. The highest BCUT2D eigenvalue weighted by atomic mass is 16.6. The van der Waals surface area contributed by atoms with Crippen molar-refractivity contribution in [3.8, 4) is 0 Å². The zero-order valence-corrected chi connectivity index (χ0v) is 13.9. The highest BCUT2D eigenvalue weighted by Gasteiger charge is 1.98. The van der Waals surface area contributed by atoms with Crippen molar-refractivity contribution in [2.24, 2.45) is 5.92 Å². The molecule has 0 heterocycles. The average molecular weight is 304 g/mol.